The first-order valence-corrected chi connectivity index (χ1v) is 14.4. The highest BCUT2D eigenvalue weighted by Gasteiger charge is 2.48. The molecule has 0 spiro atoms. The number of aliphatic hydroxyl groups is 1. The molecule has 42 heavy (non-hydrogen) atoms. The fourth-order valence-corrected chi connectivity index (χ4v) is 6.10. The van der Waals surface area contributed by atoms with Crippen molar-refractivity contribution in [3.8, 4) is 11.5 Å². The van der Waals surface area contributed by atoms with Gasteiger partial charge in [0.15, 0.2) is 5.13 Å². The van der Waals surface area contributed by atoms with Gasteiger partial charge in [-0.05, 0) is 79.1 Å². The number of benzene rings is 4. The number of nitrogens with zero attached hydrogens (tertiary/aromatic N) is 2. The molecule has 0 aliphatic carbocycles. The highest BCUT2D eigenvalue weighted by molar-refractivity contribution is 7.22. The first kappa shape index (κ1) is 27.2. The minimum atomic E-state index is -0.918. The zero-order valence-corrected chi connectivity index (χ0v) is 23.9. The van der Waals surface area contributed by atoms with Crippen LogP contribution in [0.15, 0.2) is 103 Å². The van der Waals surface area contributed by atoms with E-state index in [9.17, 15) is 14.7 Å². The minimum absolute atomic E-state index is 0.0141. The van der Waals surface area contributed by atoms with E-state index in [1.165, 1.54) is 16.2 Å². The van der Waals surface area contributed by atoms with Gasteiger partial charge in [0.25, 0.3) is 5.78 Å². The first-order chi connectivity index (χ1) is 20.4. The fourth-order valence-electron chi connectivity index (χ4n) is 5.01. The molecule has 7 nitrogen and oxygen atoms in total. The lowest BCUT2D eigenvalue weighted by Crippen LogP contribution is -2.29. The number of amides is 1. The van der Waals surface area contributed by atoms with Gasteiger partial charge in [0.1, 0.15) is 23.9 Å². The summed E-state index contributed by atoms with van der Waals surface area (Å²) in [6.45, 7) is 4.73. The van der Waals surface area contributed by atoms with Crippen LogP contribution in [-0.2, 0) is 16.2 Å². The van der Waals surface area contributed by atoms with E-state index < -0.39 is 17.7 Å². The molecule has 1 fully saturated rings. The first-order valence-electron chi connectivity index (χ1n) is 13.6. The van der Waals surface area contributed by atoms with E-state index in [0.717, 1.165) is 21.3 Å². The molecule has 6 rings (SSSR count). The number of ketones is 1. The Morgan fingerprint density at radius 3 is 2.45 bits per heavy atom. The second-order valence-corrected chi connectivity index (χ2v) is 10.9. The third-order valence-corrected chi connectivity index (χ3v) is 8.06. The van der Waals surface area contributed by atoms with Crippen molar-refractivity contribution in [3.05, 3.63) is 125 Å². The number of carbonyl (C=O) groups excluding carboxylic acids is 2. The van der Waals surface area contributed by atoms with Crippen molar-refractivity contribution in [3.63, 3.8) is 0 Å². The van der Waals surface area contributed by atoms with Crippen LogP contribution >= 0.6 is 11.3 Å². The molecule has 0 saturated carbocycles. The zero-order valence-electron chi connectivity index (χ0n) is 23.1. The molecule has 4 aromatic carbocycles. The van der Waals surface area contributed by atoms with Crippen molar-refractivity contribution in [2.45, 2.75) is 26.5 Å². The maximum absolute atomic E-state index is 13.7. The van der Waals surface area contributed by atoms with Crippen LogP contribution in [0, 0.1) is 6.92 Å². The fraction of sp³-hybridized carbons (Fsp3) is 0.147. The number of aliphatic hydroxyl groups excluding tert-OH is 1. The van der Waals surface area contributed by atoms with Gasteiger partial charge >= 0.3 is 5.91 Å². The molecule has 1 unspecified atom stereocenters. The number of ether oxygens (including phenoxy) is 2. The van der Waals surface area contributed by atoms with Gasteiger partial charge in [-0.3, -0.25) is 14.5 Å². The molecule has 1 saturated heterocycles. The van der Waals surface area contributed by atoms with Crippen LogP contribution in [0.4, 0.5) is 5.13 Å². The van der Waals surface area contributed by atoms with Gasteiger partial charge in [0.05, 0.1) is 28.4 Å². The van der Waals surface area contributed by atoms with E-state index in [4.69, 9.17) is 14.5 Å². The van der Waals surface area contributed by atoms with Crippen molar-refractivity contribution in [2.75, 3.05) is 11.5 Å². The topological polar surface area (TPSA) is 89.0 Å². The van der Waals surface area contributed by atoms with Crippen molar-refractivity contribution in [2.24, 2.45) is 0 Å². The Hall–Kier alpha value is -4.95. The van der Waals surface area contributed by atoms with Crippen molar-refractivity contribution in [1.82, 2.24) is 4.98 Å². The Morgan fingerprint density at radius 1 is 0.905 bits per heavy atom. The van der Waals surface area contributed by atoms with Gasteiger partial charge in [-0.15, -0.1) is 0 Å². The molecule has 1 atom stereocenters. The summed E-state index contributed by atoms with van der Waals surface area (Å²) in [4.78, 5) is 33.4. The summed E-state index contributed by atoms with van der Waals surface area (Å²) in [7, 11) is 0. The van der Waals surface area contributed by atoms with Crippen LogP contribution in [0.1, 0.15) is 35.2 Å². The average Bonchev–Trinajstić information content (AvgIpc) is 3.54. The quantitative estimate of drug-likeness (QED) is 0.119. The minimum Gasteiger partial charge on any atom is -0.507 e. The summed E-state index contributed by atoms with van der Waals surface area (Å²) in [6.07, 6.45) is 0. The SMILES string of the molecule is CCOc1ccc(/C(O)=C2\C(=O)C(=O)N(c3nc4ccc(C)cc4s3)C2c2cccc(OCc3ccccc3)c2)cc1. The van der Waals surface area contributed by atoms with E-state index in [1.807, 2.05) is 80.6 Å². The number of hydrogen-bond acceptors (Lipinski definition) is 7. The van der Waals surface area contributed by atoms with E-state index in [-0.39, 0.29) is 11.3 Å². The highest BCUT2D eigenvalue weighted by Crippen LogP contribution is 2.45. The van der Waals surface area contributed by atoms with Crippen LogP contribution in [0.2, 0.25) is 0 Å². The number of aryl methyl sites for hydroxylation is 1. The lowest BCUT2D eigenvalue weighted by molar-refractivity contribution is -0.132. The molecule has 1 N–H and O–H groups in total. The summed E-state index contributed by atoms with van der Waals surface area (Å²) in [6, 6.07) is 28.8. The average molecular weight is 577 g/mol. The number of carbonyl (C=O) groups is 2. The van der Waals surface area contributed by atoms with Crippen LogP contribution < -0.4 is 14.4 Å². The van der Waals surface area contributed by atoms with Crippen molar-refractivity contribution in [1.29, 1.82) is 0 Å². The second kappa shape index (κ2) is 11.5. The van der Waals surface area contributed by atoms with Crippen LogP contribution in [-0.4, -0.2) is 28.4 Å². The standard InChI is InChI=1S/C34H28N2O5S/c1-3-40-25-15-13-23(14-16-25)31(37)29-30(24-10-7-11-26(19-24)41-20-22-8-5-4-6-9-22)36(33(39)32(29)38)34-35-27-17-12-21(2)18-28(27)42-34/h4-19,30,37H,3,20H2,1-2H3/b31-29+. The van der Waals surface area contributed by atoms with Crippen LogP contribution in [0.3, 0.4) is 0 Å². The molecule has 1 aliphatic heterocycles. The van der Waals surface area contributed by atoms with Crippen LogP contribution in [0.5, 0.6) is 11.5 Å². The lowest BCUT2D eigenvalue weighted by Gasteiger charge is -2.23. The molecule has 8 heteroatoms. The van der Waals surface area contributed by atoms with E-state index in [2.05, 4.69) is 0 Å². The van der Waals surface area contributed by atoms with E-state index in [1.54, 1.807) is 30.3 Å². The van der Waals surface area contributed by atoms with Gasteiger partial charge in [0, 0.05) is 5.56 Å². The van der Waals surface area contributed by atoms with Crippen molar-refractivity contribution >= 4 is 44.1 Å². The molecular formula is C34H28N2O5S. The predicted octanol–water partition coefficient (Wildman–Crippen LogP) is 7.21. The summed E-state index contributed by atoms with van der Waals surface area (Å²) in [5.74, 6) is -0.588. The summed E-state index contributed by atoms with van der Waals surface area (Å²) in [5.41, 5.74) is 3.80. The molecule has 5 aromatic rings. The third kappa shape index (κ3) is 5.24. The molecule has 1 aliphatic rings. The number of fused-ring (bicyclic) bond motifs is 1. The second-order valence-electron chi connectivity index (χ2n) is 9.94. The predicted molar refractivity (Wildman–Crippen MR) is 164 cm³/mol. The Labute approximate surface area is 247 Å². The normalized spacial score (nSPS) is 16.2. The van der Waals surface area contributed by atoms with E-state index >= 15 is 0 Å². The monoisotopic (exact) mass is 576 g/mol. The Kier molecular flexibility index (Phi) is 7.46. The number of Topliss-reactive ketones (excluding diaryl/α,β-unsaturated/α-hetero) is 1. The number of thiazole rings is 1. The molecule has 1 aromatic heterocycles. The number of hydrogen-bond donors (Lipinski definition) is 1. The number of anilines is 1. The van der Waals surface area contributed by atoms with E-state index in [0.29, 0.717) is 41.0 Å². The van der Waals surface area contributed by atoms with Gasteiger partial charge < -0.3 is 14.6 Å². The van der Waals surface area contributed by atoms with Gasteiger partial charge in [-0.2, -0.15) is 0 Å². The Balaban J connectivity index is 1.46. The maximum Gasteiger partial charge on any atom is 0.301 e. The Morgan fingerprint density at radius 2 is 1.69 bits per heavy atom. The lowest BCUT2D eigenvalue weighted by atomic mass is 9.95. The molecule has 0 bridgehead atoms. The summed E-state index contributed by atoms with van der Waals surface area (Å²) >= 11 is 1.33. The third-order valence-electron chi connectivity index (χ3n) is 7.04. The molecule has 2 heterocycles. The smallest absolute Gasteiger partial charge is 0.301 e. The van der Waals surface area contributed by atoms with Crippen LogP contribution in [0.25, 0.3) is 16.0 Å². The largest absolute Gasteiger partial charge is 0.507 e. The van der Waals surface area contributed by atoms with Crippen molar-refractivity contribution < 1.29 is 24.2 Å². The highest BCUT2D eigenvalue weighted by atomic mass is 32.1. The zero-order chi connectivity index (χ0) is 29.2. The Bertz CT molecular complexity index is 1810. The molecular weight excluding hydrogens is 548 g/mol. The van der Waals surface area contributed by atoms with Gasteiger partial charge in [0.2, 0.25) is 0 Å². The summed E-state index contributed by atoms with van der Waals surface area (Å²) < 4.78 is 12.5. The van der Waals surface area contributed by atoms with Gasteiger partial charge in [-0.25, -0.2) is 4.98 Å². The number of rotatable bonds is 8. The summed E-state index contributed by atoms with van der Waals surface area (Å²) in [5, 5.41) is 11.9. The molecule has 1 amide bonds. The van der Waals surface area contributed by atoms with Gasteiger partial charge in [-0.1, -0.05) is 59.9 Å². The molecule has 210 valence electrons. The number of aromatic nitrogens is 1. The molecule has 0 radical (unpaired) electrons. The maximum atomic E-state index is 13.7.